The average Bonchev–Trinajstić information content (AvgIpc) is 3.04. The summed E-state index contributed by atoms with van der Waals surface area (Å²) in [6, 6.07) is 29.1. The molecular formula is C22H20N2O2. The fraction of sp³-hybridized carbons (Fsp3) is 0.136. The molecule has 0 spiro atoms. The number of hydrogen-bond acceptors (Lipinski definition) is 3. The summed E-state index contributed by atoms with van der Waals surface area (Å²) < 4.78 is 0. The number of nitrogens with two attached hydrogens (primary N) is 1. The molecular weight excluding hydrogens is 324 g/mol. The molecule has 1 saturated heterocycles. The summed E-state index contributed by atoms with van der Waals surface area (Å²) in [5.41, 5.74) is 7.91. The molecule has 0 bridgehead atoms. The van der Waals surface area contributed by atoms with E-state index in [1.807, 2.05) is 91.0 Å². The van der Waals surface area contributed by atoms with Gasteiger partial charge in [0, 0.05) is 0 Å². The van der Waals surface area contributed by atoms with Crippen molar-refractivity contribution in [3.8, 4) is 0 Å². The normalized spacial score (nSPS) is 17.5. The lowest BCUT2D eigenvalue weighted by atomic mass is 9.76. The monoisotopic (exact) mass is 344 g/mol. The van der Waals surface area contributed by atoms with Crippen LogP contribution in [0.2, 0.25) is 0 Å². The van der Waals surface area contributed by atoms with Crippen molar-refractivity contribution in [2.75, 3.05) is 6.61 Å². The Bertz CT molecular complexity index is 785. The molecule has 1 atom stereocenters. The Morgan fingerprint density at radius 3 is 1.46 bits per heavy atom. The maximum atomic E-state index is 12.9. The number of amides is 1. The number of rotatable bonds is 4. The van der Waals surface area contributed by atoms with E-state index in [2.05, 4.69) is 0 Å². The van der Waals surface area contributed by atoms with Crippen molar-refractivity contribution in [2.45, 2.75) is 11.6 Å². The van der Waals surface area contributed by atoms with Crippen LogP contribution in [0, 0.1) is 0 Å². The molecule has 1 fully saturated rings. The van der Waals surface area contributed by atoms with Crippen LogP contribution >= 0.6 is 0 Å². The lowest BCUT2D eigenvalue weighted by molar-refractivity contribution is -0.183. The molecule has 3 aromatic carbocycles. The summed E-state index contributed by atoms with van der Waals surface area (Å²) in [6.07, 6.45) is 0. The van der Waals surface area contributed by atoms with Crippen LogP contribution in [-0.2, 0) is 15.2 Å². The Labute approximate surface area is 152 Å². The van der Waals surface area contributed by atoms with Gasteiger partial charge in [0.25, 0.3) is 5.91 Å². The molecule has 4 nitrogen and oxygen atoms in total. The number of carbonyl (C=O) groups excluding carboxylic acids is 1. The molecule has 4 rings (SSSR count). The van der Waals surface area contributed by atoms with Gasteiger partial charge in [-0.25, -0.2) is 5.06 Å². The molecule has 0 aliphatic carbocycles. The van der Waals surface area contributed by atoms with E-state index in [-0.39, 0.29) is 12.5 Å². The lowest BCUT2D eigenvalue weighted by Gasteiger charge is -2.41. The number of hydrogen-bond donors (Lipinski definition) is 1. The van der Waals surface area contributed by atoms with Crippen molar-refractivity contribution in [1.82, 2.24) is 5.06 Å². The smallest absolute Gasteiger partial charge is 0.267 e. The first-order valence-electron chi connectivity index (χ1n) is 8.63. The predicted molar refractivity (Wildman–Crippen MR) is 100.0 cm³/mol. The Morgan fingerprint density at radius 2 is 1.15 bits per heavy atom. The van der Waals surface area contributed by atoms with E-state index in [1.165, 1.54) is 5.06 Å². The third-order valence-corrected chi connectivity index (χ3v) is 4.78. The van der Waals surface area contributed by atoms with Crippen LogP contribution in [0.4, 0.5) is 0 Å². The van der Waals surface area contributed by atoms with Crippen molar-refractivity contribution < 1.29 is 9.63 Å². The number of nitrogens with zero attached hydrogens (tertiary/aromatic N) is 1. The first-order valence-corrected chi connectivity index (χ1v) is 8.63. The van der Waals surface area contributed by atoms with E-state index in [0.717, 1.165) is 16.7 Å². The molecule has 0 aromatic heterocycles. The van der Waals surface area contributed by atoms with Gasteiger partial charge in [0.1, 0.15) is 11.6 Å². The van der Waals surface area contributed by atoms with Crippen LogP contribution in [0.15, 0.2) is 91.0 Å². The van der Waals surface area contributed by atoms with E-state index < -0.39 is 11.6 Å². The first-order chi connectivity index (χ1) is 12.7. The van der Waals surface area contributed by atoms with Gasteiger partial charge in [-0.05, 0) is 16.7 Å². The van der Waals surface area contributed by atoms with Crippen LogP contribution in [0.25, 0.3) is 0 Å². The largest absolute Gasteiger partial charge is 0.318 e. The van der Waals surface area contributed by atoms with E-state index in [0.29, 0.717) is 0 Å². The minimum absolute atomic E-state index is 0.174. The summed E-state index contributed by atoms with van der Waals surface area (Å²) in [5, 5.41) is 1.46. The third-order valence-electron chi connectivity index (χ3n) is 4.78. The highest BCUT2D eigenvalue weighted by molar-refractivity contribution is 5.84. The minimum atomic E-state index is -0.908. The average molecular weight is 344 g/mol. The summed E-state index contributed by atoms with van der Waals surface area (Å²) >= 11 is 0. The Hall–Kier alpha value is -2.95. The summed E-state index contributed by atoms with van der Waals surface area (Å²) in [7, 11) is 0. The standard InChI is InChI=1S/C22H20N2O2/c23-20-16-26-24(21(20)25)22(17-10-4-1-5-11-17,18-12-6-2-7-13-18)19-14-8-3-9-15-19/h1-15,20H,16,23H2/t20-/m0/s1. The van der Waals surface area contributed by atoms with E-state index >= 15 is 0 Å². The quantitative estimate of drug-likeness (QED) is 0.740. The molecule has 130 valence electrons. The number of hydroxylamine groups is 2. The van der Waals surface area contributed by atoms with Crippen molar-refractivity contribution in [3.05, 3.63) is 108 Å². The Balaban J connectivity index is 2.06. The minimum Gasteiger partial charge on any atom is -0.318 e. The topological polar surface area (TPSA) is 55.6 Å². The zero-order chi connectivity index (χ0) is 18.0. The van der Waals surface area contributed by atoms with Crippen LogP contribution in [-0.4, -0.2) is 23.6 Å². The molecule has 1 aliphatic heterocycles. The SMILES string of the molecule is N[C@H]1CON(C(c2ccccc2)(c2ccccc2)c2ccccc2)C1=O. The van der Waals surface area contributed by atoms with Gasteiger partial charge in [0.15, 0.2) is 0 Å². The molecule has 0 radical (unpaired) electrons. The Morgan fingerprint density at radius 1 is 0.769 bits per heavy atom. The van der Waals surface area contributed by atoms with Gasteiger partial charge in [0.2, 0.25) is 0 Å². The molecule has 1 aliphatic rings. The molecule has 4 heteroatoms. The second kappa shape index (κ2) is 6.75. The molecule has 26 heavy (non-hydrogen) atoms. The fourth-order valence-electron chi connectivity index (χ4n) is 3.59. The van der Waals surface area contributed by atoms with Crippen molar-refractivity contribution in [3.63, 3.8) is 0 Å². The number of benzene rings is 3. The first kappa shape index (κ1) is 16.5. The van der Waals surface area contributed by atoms with Gasteiger partial charge in [-0.3, -0.25) is 9.63 Å². The fourth-order valence-corrected chi connectivity index (χ4v) is 3.59. The van der Waals surface area contributed by atoms with Crippen LogP contribution < -0.4 is 5.73 Å². The predicted octanol–water partition coefficient (Wildman–Crippen LogP) is 3.08. The maximum absolute atomic E-state index is 12.9. The molecule has 1 amide bonds. The summed E-state index contributed by atoms with van der Waals surface area (Å²) in [5.74, 6) is -0.221. The highest BCUT2D eigenvalue weighted by Gasteiger charge is 2.50. The van der Waals surface area contributed by atoms with Crippen molar-refractivity contribution in [2.24, 2.45) is 5.73 Å². The highest BCUT2D eigenvalue weighted by atomic mass is 16.7. The zero-order valence-electron chi connectivity index (χ0n) is 14.3. The van der Waals surface area contributed by atoms with Crippen LogP contribution in [0.1, 0.15) is 16.7 Å². The van der Waals surface area contributed by atoms with Gasteiger partial charge in [-0.2, -0.15) is 0 Å². The van der Waals surface area contributed by atoms with Gasteiger partial charge in [-0.15, -0.1) is 0 Å². The molecule has 0 unspecified atom stereocenters. The van der Waals surface area contributed by atoms with Crippen molar-refractivity contribution in [1.29, 1.82) is 0 Å². The second-order valence-corrected chi connectivity index (χ2v) is 6.34. The third kappa shape index (κ3) is 2.51. The van der Waals surface area contributed by atoms with Gasteiger partial charge >= 0.3 is 0 Å². The van der Waals surface area contributed by atoms with Gasteiger partial charge in [-0.1, -0.05) is 91.0 Å². The molecule has 1 heterocycles. The zero-order valence-corrected chi connectivity index (χ0v) is 14.3. The van der Waals surface area contributed by atoms with Gasteiger partial charge in [0.05, 0.1) is 6.61 Å². The van der Waals surface area contributed by atoms with Crippen molar-refractivity contribution >= 4 is 5.91 Å². The second-order valence-electron chi connectivity index (χ2n) is 6.34. The van der Waals surface area contributed by atoms with Crippen LogP contribution in [0.5, 0.6) is 0 Å². The van der Waals surface area contributed by atoms with E-state index in [1.54, 1.807) is 0 Å². The molecule has 3 aromatic rings. The Kier molecular flexibility index (Phi) is 4.29. The highest BCUT2D eigenvalue weighted by Crippen LogP contribution is 2.43. The van der Waals surface area contributed by atoms with Gasteiger partial charge < -0.3 is 5.73 Å². The number of carbonyl (C=O) groups is 1. The summed E-state index contributed by atoms with van der Waals surface area (Å²) in [4.78, 5) is 18.8. The molecule has 2 N–H and O–H groups in total. The maximum Gasteiger partial charge on any atom is 0.267 e. The van der Waals surface area contributed by atoms with E-state index in [4.69, 9.17) is 10.6 Å². The summed E-state index contributed by atoms with van der Waals surface area (Å²) in [6.45, 7) is 0.174. The van der Waals surface area contributed by atoms with E-state index in [9.17, 15) is 4.79 Å². The lowest BCUT2D eigenvalue weighted by Crippen LogP contribution is -2.50. The molecule has 0 saturated carbocycles. The van der Waals surface area contributed by atoms with Crippen LogP contribution in [0.3, 0.4) is 0 Å².